The number of ether oxygens (including phenoxy) is 1. The van der Waals surface area contributed by atoms with Crippen LogP contribution in [-0.2, 0) is 9.53 Å². The molecular formula is C11H14F3NO3. The molecule has 0 N–H and O–H groups in total. The molecule has 2 fully saturated rings. The molecule has 18 heavy (non-hydrogen) atoms. The highest BCUT2D eigenvalue weighted by Gasteiger charge is 2.67. The molecule has 4 nitrogen and oxygen atoms in total. The fourth-order valence-corrected chi connectivity index (χ4v) is 2.41. The molecule has 2 aliphatic rings. The molecule has 0 aromatic carbocycles. The van der Waals surface area contributed by atoms with Crippen molar-refractivity contribution < 1.29 is 27.5 Å². The van der Waals surface area contributed by atoms with Crippen LogP contribution in [0, 0.1) is 0 Å². The van der Waals surface area contributed by atoms with Crippen LogP contribution in [0.3, 0.4) is 0 Å². The lowest BCUT2D eigenvalue weighted by molar-refractivity contribution is -0.235. The van der Waals surface area contributed by atoms with Crippen molar-refractivity contribution in [3.63, 3.8) is 0 Å². The Balaban J connectivity index is 2.24. The molecular weight excluding hydrogens is 251 g/mol. The summed E-state index contributed by atoms with van der Waals surface area (Å²) in [7, 11) is 0. The lowest BCUT2D eigenvalue weighted by atomic mass is 9.93. The number of alkyl halides is 3. The predicted molar refractivity (Wildman–Crippen MR) is 54.7 cm³/mol. The Kier molecular flexibility index (Phi) is 3.03. The van der Waals surface area contributed by atoms with Gasteiger partial charge in [0.25, 0.3) is 11.5 Å². The topological polar surface area (TPSA) is 46.6 Å². The number of cyclic esters (lactones) is 1. The minimum Gasteiger partial charge on any atom is -0.423 e. The van der Waals surface area contributed by atoms with Crippen molar-refractivity contribution in [2.75, 3.05) is 0 Å². The van der Waals surface area contributed by atoms with Crippen molar-refractivity contribution >= 4 is 12.0 Å². The highest BCUT2D eigenvalue weighted by Crippen LogP contribution is 2.41. The van der Waals surface area contributed by atoms with E-state index >= 15 is 0 Å². The minimum atomic E-state index is -4.89. The lowest BCUT2D eigenvalue weighted by Crippen LogP contribution is -2.52. The molecule has 1 aliphatic carbocycles. The maximum Gasteiger partial charge on any atom is 0.437 e. The number of hydrogen-bond donors (Lipinski definition) is 0. The van der Waals surface area contributed by atoms with Crippen LogP contribution in [0.5, 0.6) is 0 Å². The van der Waals surface area contributed by atoms with Gasteiger partial charge < -0.3 is 4.74 Å². The van der Waals surface area contributed by atoms with Crippen molar-refractivity contribution in [1.82, 2.24) is 4.90 Å². The van der Waals surface area contributed by atoms with Crippen LogP contribution < -0.4 is 0 Å². The number of hydrogen-bond acceptors (Lipinski definition) is 3. The second kappa shape index (κ2) is 4.13. The SMILES string of the molecule is CC1(C(F)(F)F)OC(=O)N(C2CCCCC2)C1=O. The van der Waals surface area contributed by atoms with Gasteiger partial charge in [-0.1, -0.05) is 19.3 Å². The van der Waals surface area contributed by atoms with E-state index in [-0.39, 0.29) is 0 Å². The molecule has 0 aromatic heterocycles. The molecule has 1 saturated heterocycles. The van der Waals surface area contributed by atoms with E-state index in [2.05, 4.69) is 4.74 Å². The van der Waals surface area contributed by atoms with Crippen molar-refractivity contribution in [1.29, 1.82) is 0 Å². The molecule has 1 heterocycles. The predicted octanol–water partition coefficient (Wildman–Crippen LogP) is 2.62. The van der Waals surface area contributed by atoms with Crippen LogP contribution in [0.1, 0.15) is 39.0 Å². The number of amides is 2. The van der Waals surface area contributed by atoms with Crippen LogP contribution in [0.4, 0.5) is 18.0 Å². The van der Waals surface area contributed by atoms with Crippen LogP contribution >= 0.6 is 0 Å². The third-order valence-electron chi connectivity index (χ3n) is 3.60. The zero-order valence-electron chi connectivity index (χ0n) is 9.92. The van der Waals surface area contributed by atoms with Gasteiger partial charge in [-0.05, 0) is 19.8 Å². The van der Waals surface area contributed by atoms with Crippen LogP contribution in [-0.4, -0.2) is 34.7 Å². The Bertz CT molecular complexity index is 376. The lowest BCUT2D eigenvalue weighted by Gasteiger charge is -2.28. The fourth-order valence-electron chi connectivity index (χ4n) is 2.41. The summed E-state index contributed by atoms with van der Waals surface area (Å²) >= 11 is 0. The van der Waals surface area contributed by atoms with Crippen molar-refractivity contribution in [2.24, 2.45) is 0 Å². The third-order valence-corrected chi connectivity index (χ3v) is 3.60. The van der Waals surface area contributed by atoms with Gasteiger partial charge in [-0.2, -0.15) is 13.2 Å². The standard InChI is InChI=1S/C11H14F3NO3/c1-10(11(12,13)14)8(16)15(9(17)18-10)7-5-3-2-4-6-7/h7H,2-6H2,1H3. The van der Waals surface area contributed by atoms with Gasteiger partial charge in [0.05, 0.1) is 0 Å². The van der Waals surface area contributed by atoms with E-state index < -0.39 is 29.8 Å². The smallest absolute Gasteiger partial charge is 0.423 e. The van der Waals surface area contributed by atoms with E-state index in [4.69, 9.17) is 0 Å². The summed E-state index contributed by atoms with van der Waals surface area (Å²) < 4.78 is 42.7. The number of rotatable bonds is 1. The van der Waals surface area contributed by atoms with Gasteiger partial charge in [0.15, 0.2) is 0 Å². The first-order valence-electron chi connectivity index (χ1n) is 5.91. The zero-order valence-corrected chi connectivity index (χ0v) is 9.92. The molecule has 0 radical (unpaired) electrons. The maximum atomic E-state index is 12.8. The van der Waals surface area contributed by atoms with E-state index in [9.17, 15) is 22.8 Å². The van der Waals surface area contributed by atoms with E-state index in [1.165, 1.54) is 0 Å². The zero-order chi connectivity index (χ0) is 13.6. The molecule has 1 atom stereocenters. The molecule has 1 aliphatic heterocycles. The number of carbonyl (C=O) groups is 2. The first-order valence-corrected chi connectivity index (χ1v) is 5.91. The van der Waals surface area contributed by atoms with Gasteiger partial charge in [-0.15, -0.1) is 0 Å². The molecule has 2 amide bonds. The maximum absolute atomic E-state index is 12.8. The first-order chi connectivity index (χ1) is 8.27. The summed E-state index contributed by atoms with van der Waals surface area (Å²) in [5.74, 6) is -1.29. The van der Waals surface area contributed by atoms with Gasteiger partial charge in [0.1, 0.15) is 0 Å². The second-order valence-corrected chi connectivity index (χ2v) is 4.87. The van der Waals surface area contributed by atoms with Gasteiger partial charge in [-0.3, -0.25) is 4.79 Å². The Morgan fingerprint density at radius 3 is 2.22 bits per heavy atom. The first kappa shape index (κ1) is 13.2. The summed E-state index contributed by atoms with van der Waals surface area (Å²) in [6, 6.07) is -0.456. The van der Waals surface area contributed by atoms with Crippen molar-refractivity contribution in [3.8, 4) is 0 Å². The number of halogens is 3. The van der Waals surface area contributed by atoms with Gasteiger partial charge >= 0.3 is 12.3 Å². The molecule has 1 unspecified atom stereocenters. The fraction of sp³-hybridized carbons (Fsp3) is 0.818. The quantitative estimate of drug-likeness (QED) is 0.732. The van der Waals surface area contributed by atoms with Crippen molar-refractivity contribution in [3.05, 3.63) is 0 Å². The van der Waals surface area contributed by atoms with Gasteiger partial charge in [0, 0.05) is 6.04 Å². The van der Waals surface area contributed by atoms with E-state index in [0.717, 1.165) is 19.3 Å². The molecule has 7 heteroatoms. The van der Waals surface area contributed by atoms with Gasteiger partial charge in [0.2, 0.25) is 0 Å². The summed E-state index contributed by atoms with van der Waals surface area (Å²) in [5, 5.41) is 0. The normalized spacial score (nSPS) is 30.8. The van der Waals surface area contributed by atoms with E-state index in [1.54, 1.807) is 0 Å². The molecule has 0 spiro atoms. The number of carbonyl (C=O) groups excluding carboxylic acids is 2. The molecule has 102 valence electrons. The Morgan fingerprint density at radius 2 is 1.78 bits per heavy atom. The third kappa shape index (κ3) is 1.85. The van der Waals surface area contributed by atoms with Crippen LogP contribution in [0.25, 0.3) is 0 Å². The summed E-state index contributed by atoms with van der Waals surface area (Å²) in [6.45, 7) is 0.607. The Morgan fingerprint density at radius 1 is 1.22 bits per heavy atom. The molecule has 1 saturated carbocycles. The number of imide groups is 1. The highest BCUT2D eigenvalue weighted by atomic mass is 19.4. The second-order valence-electron chi connectivity index (χ2n) is 4.87. The summed E-state index contributed by atoms with van der Waals surface area (Å²) in [6.07, 6.45) is -2.36. The average Bonchev–Trinajstić information content (AvgIpc) is 2.51. The Hall–Kier alpha value is -1.27. The molecule has 0 aromatic rings. The van der Waals surface area contributed by atoms with Crippen molar-refractivity contribution in [2.45, 2.75) is 56.8 Å². The molecule has 0 bridgehead atoms. The van der Waals surface area contributed by atoms with Gasteiger partial charge in [-0.25, -0.2) is 9.69 Å². The van der Waals surface area contributed by atoms with Crippen LogP contribution in [0.15, 0.2) is 0 Å². The summed E-state index contributed by atoms with van der Waals surface area (Å²) in [5.41, 5.74) is -3.03. The summed E-state index contributed by atoms with van der Waals surface area (Å²) in [4.78, 5) is 24.0. The Labute approximate surface area is 102 Å². The highest BCUT2D eigenvalue weighted by molar-refractivity contribution is 6.03. The van der Waals surface area contributed by atoms with E-state index in [1.807, 2.05) is 0 Å². The number of nitrogens with zero attached hydrogens (tertiary/aromatic N) is 1. The van der Waals surface area contributed by atoms with Crippen LogP contribution in [0.2, 0.25) is 0 Å². The minimum absolute atomic E-state index is 0.456. The van der Waals surface area contributed by atoms with E-state index in [0.29, 0.717) is 24.7 Å². The monoisotopic (exact) mass is 265 g/mol. The average molecular weight is 265 g/mol. The largest absolute Gasteiger partial charge is 0.437 e. The molecule has 2 rings (SSSR count).